The standard InChI is InChI=1S/C21H18Br2N2O5S/c1-10-4-13(5-11(2)19(10)23)24-21-25-20(28)17(31-21)7-12-6-15(29-3)16(8-14(12)22)30-9-18(26)27/h4-8H,9H2,1-3H3,(H,26,27)(H,24,25,28)/b17-7-. The van der Waals surface area contributed by atoms with Crippen LogP contribution in [0.15, 0.2) is 43.1 Å². The zero-order chi connectivity index (χ0) is 22.7. The summed E-state index contributed by atoms with van der Waals surface area (Å²) in [6, 6.07) is 7.15. The Morgan fingerprint density at radius 3 is 2.48 bits per heavy atom. The average molecular weight is 570 g/mol. The summed E-state index contributed by atoms with van der Waals surface area (Å²) in [5, 5.41) is 12.1. The zero-order valence-corrected chi connectivity index (χ0v) is 20.8. The van der Waals surface area contributed by atoms with Gasteiger partial charge in [0.1, 0.15) is 0 Å². The molecule has 0 aromatic heterocycles. The first kappa shape index (κ1) is 23.4. The molecule has 1 amide bonds. The smallest absolute Gasteiger partial charge is 0.341 e. The third-order valence-corrected chi connectivity index (χ3v) is 7.07. The van der Waals surface area contributed by atoms with Gasteiger partial charge >= 0.3 is 5.97 Å². The first-order chi connectivity index (χ1) is 14.7. The van der Waals surface area contributed by atoms with Gasteiger partial charge in [-0.2, -0.15) is 0 Å². The topological polar surface area (TPSA) is 97.2 Å². The highest BCUT2D eigenvalue weighted by Crippen LogP contribution is 2.37. The number of halogens is 2. The fourth-order valence-corrected chi connectivity index (χ4v) is 4.30. The van der Waals surface area contributed by atoms with Crippen molar-refractivity contribution in [1.82, 2.24) is 5.32 Å². The van der Waals surface area contributed by atoms with E-state index in [1.165, 1.54) is 18.9 Å². The number of carboxylic acids is 1. The summed E-state index contributed by atoms with van der Waals surface area (Å²) >= 11 is 8.20. The number of thioether (sulfide) groups is 1. The summed E-state index contributed by atoms with van der Waals surface area (Å²) in [6.07, 6.45) is 1.70. The fourth-order valence-electron chi connectivity index (χ4n) is 2.80. The van der Waals surface area contributed by atoms with Gasteiger partial charge in [-0.3, -0.25) is 4.79 Å². The van der Waals surface area contributed by atoms with Gasteiger partial charge in [0.05, 0.1) is 17.7 Å². The molecule has 1 fully saturated rings. The van der Waals surface area contributed by atoms with Crippen LogP contribution in [0, 0.1) is 13.8 Å². The maximum Gasteiger partial charge on any atom is 0.341 e. The minimum atomic E-state index is -1.09. The average Bonchev–Trinajstić information content (AvgIpc) is 3.04. The Kier molecular flexibility index (Phi) is 7.45. The lowest BCUT2D eigenvalue weighted by atomic mass is 10.1. The normalized spacial score (nSPS) is 16.0. The Hall–Kier alpha value is -2.30. The molecule has 0 spiro atoms. The van der Waals surface area contributed by atoms with Crippen LogP contribution in [0.2, 0.25) is 0 Å². The summed E-state index contributed by atoms with van der Waals surface area (Å²) in [7, 11) is 1.46. The van der Waals surface area contributed by atoms with E-state index >= 15 is 0 Å². The number of methoxy groups -OCH3 is 1. The molecule has 2 aromatic carbocycles. The van der Waals surface area contributed by atoms with Gasteiger partial charge in [0, 0.05) is 8.95 Å². The van der Waals surface area contributed by atoms with Crippen molar-refractivity contribution in [3.05, 3.63) is 54.8 Å². The highest BCUT2D eigenvalue weighted by molar-refractivity contribution is 9.10. The van der Waals surface area contributed by atoms with Crippen LogP contribution in [-0.4, -0.2) is 35.9 Å². The van der Waals surface area contributed by atoms with Crippen molar-refractivity contribution in [2.24, 2.45) is 4.99 Å². The molecule has 31 heavy (non-hydrogen) atoms. The highest BCUT2D eigenvalue weighted by Gasteiger charge is 2.24. The van der Waals surface area contributed by atoms with E-state index in [1.807, 2.05) is 26.0 Å². The van der Waals surface area contributed by atoms with Crippen molar-refractivity contribution in [1.29, 1.82) is 0 Å². The van der Waals surface area contributed by atoms with Crippen LogP contribution in [0.25, 0.3) is 6.08 Å². The molecule has 10 heteroatoms. The second kappa shape index (κ2) is 9.88. The Morgan fingerprint density at radius 1 is 1.19 bits per heavy atom. The largest absolute Gasteiger partial charge is 0.493 e. The lowest BCUT2D eigenvalue weighted by Crippen LogP contribution is -2.19. The van der Waals surface area contributed by atoms with Crippen molar-refractivity contribution >= 4 is 72.4 Å². The predicted molar refractivity (Wildman–Crippen MR) is 128 cm³/mol. The van der Waals surface area contributed by atoms with Gasteiger partial charge in [-0.25, -0.2) is 9.79 Å². The van der Waals surface area contributed by atoms with Crippen molar-refractivity contribution < 1.29 is 24.2 Å². The molecule has 0 bridgehead atoms. The molecule has 0 saturated carbocycles. The number of aryl methyl sites for hydroxylation is 2. The number of aliphatic carboxylic acids is 1. The maximum absolute atomic E-state index is 12.5. The molecule has 1 aliphatic rings. The number of nitrogens with one attached hydrogen (secondary N) is 1. The number of amidine groups is 1. The Balaban J connectivity index is 1.87. The molecule has 1 heterocycles. The first-order valence-corrected chi connectivity index (χ1v) is 11.4. The summed E-state index contributed by atoms with van der Waals surface area (Å²) < 4.78 is 12.2. The van der Waals surface area contributed by atoms with Gasteiger partial charge < -0.3 is 19.9 Å². The van der Waals surface area contributed by atoms with E-state index in [0.717, 1.165) is 21.3 Å². The third kappa shape index (κ3) is 5.69. The SMILES string of the molecule is COc1cc(/C=C2\SC(=Nc3cc(C)c(Br)c(C)c3)NC2=O)c(Br)cc1OCC(=O)O. The van der Waals surface area contributed by atoms with E-state index in [2.05, 4.69) is 42.2 Å². The minimum absolute atomic E-state index is 0.258. The molecule has 2 aromatic rings. The number of benzene rings is 2. The summed E-state index contributed by atoms with van der Waals surface area (Å²) in [5.74, 6) is -0.710. The van der Waals surface area contributed by atoms with E-state index in [-0.39, 0.29) is 11.7 Å². The number of hydrogen-bond acceptors (Lipinski definition) is 6. The van der Waals surface area contributed by atoms with Crippen LogP contribution in [0.3, 0.4) is 0 Å². The molecule has 2 N–H and O–H groups in total. The number of ether oxygens (including phenoxy) is 2. The van der Waals surface area contributed by atoms with E-state index in [9.17, 15) is 9.59 Å². The summed E-state index contributed by atoms with van der Waals surface area (Å²) in [6.45, 7) is 3.48. The second-order valence-electron chi connectivity index (χ2n) is 6.58. The van der Waals surface area contributed by atoms with Crippen molar-refractivity contribution in [2.75, 3.05) is 13.7 Å². The molecule has 1 aliphatic heterocycles. The first-order valence-electron chi connectivity index (χ1n) is 8.96. The molecule has 0 aliphatic carbocycles. The van der Waals surface area contributed by atoms with Gasteiger partial charge in [0.15, 0.2) is 23.3 Å². The molecule has 0 unspecified atom stereocenters. The number of aliphatic imine (C=N–C) groups is 1. The van der Waals surface area contributed by atoms with E-state index < -0.39 is 12.6 Å². The van der Waals surface area contributed by atoms with Crippen molar-refractivity contribution in [3.8, 4) is 11.5 Å². The molecule has 0 atom stereocenters. The van der Waals surface area contributed by atoms with Crippen LogP contribution >= 0.6 is 43.6 Å². The number of rotatable bonds is 6. The Labute approximate surface area is 200 Å². The number of carboxylic acid groups (broad SMARTS) is 1. The van der Waals surface area contributed by atoms with Gasteiger partial charge in [-0.1, -0.05) is 31.9 Å². The second-order valence-corrected chi connectivity index (χ2v) is 9.26. The molecule has 162 valence electrons. The fraction of sp³-hybridized carbons (Fsp3) is 0.190. The number of carbonyl (C=O) groups excluding carboxylic acids is 1. The van der Waals surface area contributed by atoms with E-state index in [0.29, 0.717) is 25.9 Å². The maximum atomic E-state index is 12.5. The molecule has 3 rings (SSSR count). The minimum Gasteiger partial charge on any atom is -0.493 e. The lowest BCUT2D eigenvalue weighted by Gasteiger charge is -2.11. The van der Waals surface area contributed by atoms with E-state index in [4.69, 9.17) is 14.6 Å². The third-order valence-electron chi connectivity index (χ3n) is 4.22. The van der Waals surface area contributed by atoms with Gasteiger partial charge in [-0.05, 0) is 72.6 Å². The van der Waals surface area contributed by atoms with Gasteiger partial charge in [0.25, 0.3) is 5.91 Å². The highest BCUT2D eigenvalue weighted by atomic mass is 79.9. The van der Waals surface area contributed by atoms with Gasteiger partial charge in [-0.15, -0.1) is 0 Å². The molecule has 0 radical (unpaired) electrons. The number of hydrogen-bond donors (Lipinski definition) is 2. The number of amides is 1. The zero-order valence-electron chi connectivity index (χ0n) is 16.8. The van der Waals surface area contributed by atoms with Crippen LogP contribution in [-0.2, 0) is 9.59 Å². The lowest BCUT2D eigenvalue weighted by molar-refractivity contribution is -0.139. The van der Waals surface area contributed by atoms with Crippen LogP contribution < -0.4 is 14.8 Å². The van der Waals surface area contributed by atoms with E-state index in [1.54, 1.807) is 18.2 Å². The quantitative estimate of drug-likeness (QED) is 0.465. The summed E-state index contributed by atoms with van der Waals surface area (Å²) in [5.41, 5.74) is 3.55. The summed E-state index contributed by atoms with van der Waals surface area (Å²) in [4.78, 5) is 28.2. The monoisotopic (exact) mass is 568 g/mol. The van der Waals surface area contributed by atoms with Crippen LogP contribution in [0.1, 0.15) is 16.7 Å². The van der Waals surface area contributed by atoms with Crippen LogP contribution in [0.5, 0.6) is 11.5 Å². The molecular weight excluding hydrogens is 552 g/mol. The molecule has 7 nitrogen and oxygen atoms in total. The number of carbonyl (C=O) groups is 2. The molecular formula is C21H18Br2N2O5S. The Bertz CT molecular complexity index is 1110. The molecule has 1 saturated heterocycles. The predicted octanol–water partition coefficient (Wildman–Crippen LogP) is 5.19. The Morgan fingerprint density at radius 2 is 1.87 bits per heavy atom. The van der Waals surface area contributed by atoms with Crippen LogP contribution in [0.4, 0.5) is 5.69 Å². The number of nitrogens with zero attached hydrogens (tertiary/aromatic N) is 1. The van der Waals surface area contributed by atoms with Crippen molar-refractivity contribution in [2.45, 2.75) is 13.8 Å². The van der Waals surface area contributed by atoms with Gasteiger partial charge in [0.2, 0.25) is 0 Å². The van der Waals surface area contributed by atoms with Crippen molar-refractivity contribution in [3.63, 3.8) is 0 Å².